The SMILES string of the molecule is C[C@H]1C[C@@H](C#N)N(C(=O)CN[C@]2(C)C[C@H]3C[C@@H](O)C[C@H]3C2)C1. The smallest absolute Gasteiger partial charge is 0.237 e. The molecule has 0 aromatic rings. The Labute approximate surface area is 132 Å². The molecule has 5 heteroatoms. The number of hydrogen-bond acceptors (Lipinski definition) is 4. The third-order valence-electron chi connectivity index (χ3n) is 5.89. The average molecular weight is 305 g/mol. The van der Waals surface area contributed by atoms with Gasteiger partial charge < -0.3 is 15.3 Å². The van der Waals surface area contributed by atoms with E-state index < -0.39 is 0 Å². The fourth-order valence-corrected chi connectivity index (χ4v) is 4.90. The molecule has 1 amide bonds. The van der Waals surface area contributed by atoms with E-state index in [-0.39, 0.29) is 23.6 Å². The Morgan fingerprint density at radius 2 is 2.00 bits per heavy atom. The minimum Gasteiger partial charge on any atom is -0.393 e. The van der Waals surface area contributed by atoms with Crippen molar-refractivity contribution < 1.29 is 9.90 Å². The van der Waals surface area contributed by atoms with Crippen molar-refractivity contribution in [3.05, 3.63) is 0 Å². The lowest BCUT2D eigenvalue weighted by molar-refractivity contribution is -0.130. The largest absolute Gasteiger partial charge is 0.393 e. The van der Waals surface area contributed by atoms with Crippen LogP contribution >= 0.6 is 0 Å². The van der Waals surface area contributed by atoms with E-state index in [1.54, 1.807) is 4.90 Å². The van der Waals surface area contributed by atoms with Crippen molar-refractivity contribution in [2.24, 2.45) is 17.8 Å². The predicted octanol–water partition coefficient (Wildman–Crippen LogP) is 1.28. The van der Waals surface area contributed by atoms with Crippen LogP contribution in [-0.4, -0.2) is 46.7 Å². The first-order valence-corrected chi connectivity index (χ1v) is 8.52. The highest BCUT2D eigenvalue weighted by atomic mass is 16.3. The number of aliphatic hydroxyl groups excluding tert-OH is 1. The number of fused-ring (bicyclic) bond motifs is 1. The fourth-order valence-electron chi connectivity index (χ4n) is 4.90. The zero-order chi connectivity index (χ0) is 15.9. The van der Waals surface area contributed by atoms with Gasteiger partial charge in [0.25, 0.3) is 0 Å². The van der Waals surface area contributed by atoms with Gasteiger partial charge in [-0.1, -0.05) is 6.92 Å². The Balaban J connectivity index is 1.53. The predicted molar refractivity (Wildman–Crippen MR) is 82.8 cm³/mol. The lowest BCUT2D eigenvalue weighted by atomic mass is 9.96. The molecule has 0 aromatic heterocycles. The van der Waals surface area contributed by atoms with Gasteiger partial charge in [-0.25, -0.2) is 0 Å². The van der Waals surface area contributed by atoms with Crippen LogP contribution in [0.4, 0.5) is 0 Å². The Hall–Kier alpha value is -1.12. The van der Waals surface area contributed by atoms with E-state index >= 15 is 0 Å². The molecule has 0 unspecified atom stereocenters. The number of rotatable bonds is 3. The summed E-state index contributed by atoms with van der Waals surface area (Å²) < 4.78 is 0. The number of amides is 1. The fraction of sp³-hybridized carbons (Fsp3) is 0.882. The molecule has 5 nitrogen and oxygen atoms in total. The van der Waals surface area contributed by atoms with Crippen LogP contribution in [0, 0.1) is 29.1 Å². The second-order valence-electron chi connectivity index (χ2n) is 8.00. The quantitative estimate of drug-likeness (QED) is 0.823. The maximum absolute atomic E-state index is 12.4. The van der Waals surface area contributed by atoms with Crippen LogP contribution in [0.1, 0.15) is 46.0 Å². The maximum Gasteiger partial charge on any atom is 0.237 e. The molecule has 3 aliphatic rings. The molecule has 6 atom stereocenters. The van der Waals surface area contributed by atoms with Crippen LogP contribution in [0.25, 0.3) is 0 Å². The van der Waals surface area contributed by atoms with Crippen molar-refractivity contribution in [2.45, 2.75) is 63.6 Å². The monoisotopic (exact) mass is 305 g/mol. The molecule has 122 valence electrons. The third kappa shape index (κ3) is 3.00. The maximum atomic E-state index is 12.4. The first-order valence-electron chi connectivity index (χ1n) is 8.52. The number of hydrogen-bond donors (Lipinski definition) is 2. The van der Waals surface area contributed by atoms with E-state index in [0.717, 1.165) is 32.1 Å². The molecule has 2 N–H and O–H groups in total. The van der Waals surface area contributed by atoms with Crippen molar-refractivity contribution in [3.63, 3.8) is 0 Å². The summed E-state index contributed by atoms with van der Waals surface area (Å²) in [6.07, 6.45) is 4.58. The van der Waals surface area contributed by atoms with Gasteiger partial charge in [0.2, 0.25) is 5.91 Å². The summed E-state index contributed by atoms with van der Waals surface area (Å²) in [6, 6.07) is 2.00. The molecule has 0 spiro atoms. The first kappa shape index (κ1) is 15.8. The van der Waals surface area contributed by atoms with Crippen LogP contribution < -0.4 is 5.32 Å². The Kier molecular flexibility index (Phi) is 4.17. The van der Waals surface area contributed by atoms with E-state index in [1.807, 2.05) is 0 Å². The highest BCUT2D eigenvalue weighted by Gasteiger charge is 2.47. The molecule has 22 heavy (non-hydrogen) atoms. The third-order valence-corrected chi connectivity index (χ3v) is 5.89. The number of nitriles is 1. The molecular formula is C17H27N3O2. The number of carbonyl (C=O) groups excluding carboxylic acids is 1. The van der Waals surface area contributed by atoms with E-state index in [1.165, 1.54) is 0 Å². The van der Waals surface area contributed by atoms with E-state index in [2.05, 4.69) is 25.2 Å². The van der Waals surface area contributed by atoms with Gasteiger partial charge in [0, 0.05) is 12.1 Å². The highest BCUT2D eigenvalue weighted by molar-refractivity contribution is 5.79. The van der Waals surface area contributed by atoms with Gasteiger partial charge in [-0.3, -0.25) is 4.79 Å². The minimum absolute atomic E-state index is 0.00138. The summed E-state index contributed by atoms with van der Waals surface area (Å²) in [7, 11) is 0. The average Bonchev–Trinajstić information content (AvgIpc) is 3.07. The van der Waals surface area contributed by atoms with E-state index in [0.29, 0.717) is 30.8 Å². The lowest BCUT2D eigenvalue weighted by Crippen LogP contribution is -2.48. The number of aliphatic hydroxyl groups is 1. The van der Waals surface area contributed by atoms with E-state index in [4.69, 9.17) is 0 Å². The molecule has 3 rings (SSSR count). The van der Waals surface area contributed by atoms with Gasteiger partial charge in [0.05, 0.1) is 18.7 Å². The standard InChI is InChI=1S/C17H27N3O2/c1-11-3-14(8-18)20(10-11)16(22)9-19-17(2)6-12-4-15(21)5-13(12)7-17/h11-15,19,21H,3-7,9-10H2,1-2H3/t11-,12-,13+,14-,15-,17-/m0/s1. The van der Waals surface area contributed by atoms with Crippen LogP contribution in [0.2, 0.25) is 0 Å². The zero-order valence-corrected chi connectivity index (χ0v) is 13.6. The van der Waals surface area contributed by atoms with Crippen LogP contribution in [-0.2, 0) is 4.79 Å². The lowest BCUT2D eigenvalue weighted by Gasteiger charge is -2.29. The molecular weight excluding hydrogens is 278 g/mol. The molecule has 2 saturated carbocycles. The summed E-state index contributed by atoms with van der Waals surface area (Å²) in [4.78, 5) is 14.2. The van der Waals surface area contributed by atoms with Crippen molar-refractivity contribution in [1.82, 2.24) is 10.2 Å². The topological polar surface area (TPSA) is 76.4 Å². The van der Waals surface area contributed by atoms with Crippen LogP contribution in [0.15, 0.2) is 0 Å². The zero-order valence-electron chi connectivity index (χ0n) is 13.6. The number of nitrogens with zero attached hydrogens (tertiary/aromatic N) is 2. The van der Waals surface area contributed by atoms with Crippen molar-refractivity contribution in [3.8, 4) is 6.07 Å². The summed E-state index contributed by atoms with van der Waals surface area (Å²) >= 11 is 0. The number of likely N-dealkylation sites (tertiary alicyclic amines) is 1. The summed E-state index contributed by atoms with van der Waals surface area (Å²) in [5.74, 6) is 1.66. The van der Waals surface area contributed by atoms with Gasteiger partial charge >= 0.3 is 0 Å². The minimum atomic E-state index is -0.254. The normalized spacial score (nSPS) is 44.1. The molecule has 0 radical (unpaired) electrons. The summed E-state index contributed by atoms with van der Waals surface area (Å²) in [6.45, 7) is 5.31. The Morgan fingerprint density at radius 3 is 2.59 bits per heavy atom. The molecule has 1 aliphatic heterocycles. The number of nitrogens with one attached hydrogen (secondary N) is 1. The van der Waals surface area contributed by atoms with Crippen molar-refractivity contribution >= 4 is 5.91 Å². The van der Waals surface area contributed by atoms with E-state index in [9.17, 15) is 15.2 Å². The van der Waals surface area contributed by atoms with Crippen LogP contribution in [0.5, 0.6) is 0 Å². The van der Waals surface area contributed by atoms with Crippen molar-refractivity contribution in [1.29, 1.82) is 5.26 Å². The second-order valence-corrected chi connectivity index (χ2v) is 8.00. The Morgan fingerprint density at radius 1 is 1.36 bits per heavy atom. The van der Waals surface area contributed by atoms with Gasteiger partial charge in [0.1, 0.15) is 6.04 Å². The highest BCUT2D eigenvalue weighted by Crippen LogP contribution is 2.48. The summed E-state index contributed by atoms with van der Waals surface area (Å²) in [5, 5.41) is 22.4. The second kappa shape index (κ2) is 5.82. The Bertz CT molecular complexity index is 473. The number of carbonyl (C=O) groups is 1. The summed E-state index contributed by atoms with van der Waals surface area (Å²) in [5.41, 5.74) is -0.00138. The molecule has 0 aromatic carbocycles. The molecule has 1 heterocycles. The molecule has 1 saturated heterocycles. The van der Waals surface area contributed by atoms with Crippen molar-refractivity contribution in [2.75, 3.05) is 13.1 Å². The van der Waals surface area contributed by atoms with Gasteiger partial charge in [-0.05, 0) is 56.8 Å². The molecule has 3 fully saturated rings. The van der Waals surface area contributed by atoms with Crippen LogP contribution in [0.3, 0.4) is 0 Å². The molecule has 0 bridgehead atoms. The van der Waals surface area contributed by atoms with Gasteiger partial charge in [-0.2, -0.15) is 5.26 Å². The molecule has 2 aliphatic carbocycles. The first-order chi connectivity index (χ1) is 10.4. The van der Waals surface area contributed by atoms with Gasteiger partial charge in [0.15, 0.2) is 0 Å². The van der Waals surface area contributed by atoms with Gasteiger partial charge in [-0.15, -0.1) is 0 Å².